The number of benzene rings is 2. The first-order valence-electron chi connectivity index (χ1n) is 6.44. The summed E-state index contributed by atoms with van der Waals surface area (Å²) in [4.78, 5) is 11.8. The maximum absolute atomic E-state index is 11.8. The van der Waals surface area contributed by atoms with Gasteiger partial charge >= 0.3 is 5.97 Å². The molecule has 0 atom stereocenters. The predicted molar refractivity (Wildman–Crippen MR) is 79.3 cm³/mol. The molecule has 0 saturated carbocycles. The molecule has 0 amide bonds. The van der Waals surface area contributed by atoms with Crippen LogP contribution in [0.5, 0.6) is 0 Å². The summed E-state index contributed by atoms with van der Waals surface area (Å²) >= 11 is 0. The van der Waals surface area contributed by atoms with Crippen LogP contribution in [0, 0.1) is 0 Å². The van der Waals surface area contributed by atoms with E-state index in [0.717, 1.165) is 10.8 Å². The lowest BCUT2D eigenvalue weighted by Gasteiger charge is -2.01. The van der Waals surface area contributed by atoms with Crippen LogP contribution in [0.3, 0.4) is 0 Å². The van der Waals surface area contributed by atoms with Gasteiger partial charge in [-0.1, -0.05) is 30.3 Å². The van der Waals surface area contributed by atoms with Crippen LogP contribution < -0.4 is 0 Å². The summed E-state index contributed by atoms with van der Waals surface area (Å²) in [5, 5.41) is 2.11. The zero-order chi connectivity index (χ0) is 14.2. The Hall–Kier alpha value is -2.55. The number of hydrogen-bond acceptors (Lipinski definition) is 3. The molecule has 0 radical (unpaired) electrons. The number of fused-ring (bicyclic) bond motifs is 1. The van der Waals surface area contributed by atoms with E-state index in [1.165, 1.54) is 6.26 Å². The van der Waals surface area contributed by atoms with E-state index in [2.05, 4.69) is 0 Å². The van der Waals surface area contributed by atoms with Gasteiger partial charge in [0.2, 0.25) is 0 Å². The number of carbonyl (C=O) groups is 1. The molecule has 0 aliphatic carbocycles. The average Bonchev–Trinajstić information content (AvgIpc) is 2.50. The molecule has 2 aromatic rings. The third-order valence-corrected chi connectivity index (χ3v) is 2.69. The van der Waals surface area contributed by atoms with E-state index < -0.39 is 0 Å². The smallest absolute Gasteiger partial charge is 0.342 e. The Morgan fingerprint density at radius 2 is 1.80 bits per heavy atom. The van der Waals surface area contributed by atoms with Crippen molar-refractivity contribution in [2.45, 2.75) is 6.92 Å². The highest BCUT2D eigenvalue weighted by Gasteiger charge is 2.05. The standard InChI is InChI=1S/C17H16O3/c1-2-19-11-5-6-12-20-17(18)16-10-9-14-7-3-4-8-15(14)13-16/h3-13H,2H2,1H3/b11-5+,12-6+. The Labute approximate surface area is 118 Å². The van der Waals surface area contributed by atoms with Crippen LogP contribution in [0.1, 0.15) is 17.3 Å². The molecule has 0 saturated heterocycles. The highest BCUT2D eigenvalue weighted by Crippen LogP contribution is 2.16. The Kier molecular flexibility index (Phi) is 4.95. The minimum atomic E-state index is -0.378. The molecule has 0 bridgehead atoms. The van der Waals surface area contributed by atoms with Gasteiger partial charge in [0.25, 0.3) is 0 Å². The second kappa shape index (κ2) is 7.14. The van der Waals surface area contributed by atoms with E-state index >= 15 is 0 Å². The van der Waals surface area contributed by atoms with Crippen molar-refractivity contribution in [1.29, 1.82) is 0 Å². The van der Waals surface area contributed by atoms with Crippen molar-refractivity contribution in [2.24, 2.45) is 0 Å². The maximum atomic E-state index is 11.8. The lowest BCUT2D eigenvalue weighted by Crippen LogP contribution is -1.99. The topological polar surface area (TPSA) is 35.5 Å². The van der Waals surface area contributed by atoms with Crippen molar-refractivity contribution in [2.75, 3.05) is 6.61 Å². The lowest BCUT2D eigenvalue weighted by molar-refractivity contribution is 0.0663. The van der Waals surface area contributed by atoms with Crippen LogP contribution in [-0.4, -0.2) is 12.6 Å². The van der Waals surface area contributed by atoms with E-state index in [4.69, 9.17) is 9.47 Å². The molecule has 0 aliphatic heterocycles. The summed E-state index contributed by atoms with van der Waals surface area (Å²) in [6.07, 6.45) is 6.15. The molecule has 20 heavy (non-hydrogen) atoms. The largest absolute Gasteiger partial charge is 0.501 e. The molecule has 102 valence electrons. The summed E-state index contributed by atoms with van der Waals surface area (Å²) in [5.74, 6) is -0.378. The van der Waals surface area contributed by atoms with Gasteiger partial charge in [-0.3, -0.25) is 0 Å². The van der Waals surface area contributed by atoms with Crippen LogP contribution in [-0.2, 0) is 9.47 Å². The van der Waals surface area contributed by atoms with Crippen molar-refractivity contribution in [3.8, 4) is 0 Å². The minimum Gasteiger partial charge on any atom is -0.501 e. The highest BCUT2D eigenvalue weighted by molar-refractivity contribution is 5.95. The fraction of sp³-hybridized carbons (Fsp3) is 0.118. The summed E-state index contributed by atoms with van der Waals surface area (Å²) in [6.45, 7) is 2.51. The molecule has 3 heteroatoms. The Morgan fingerprint density at radius 3 is 2.60 bits per heavy atom. The van der Waals surface area contributed by atoms with Gasteiger partial charge in [-0.25, -0.2) is 4.79 Å². The van der Waals surface area contributed by atoms with E-state index in [1.807, 2.05) is 43.3 Å². The van der Waals surface area contributed by atoms with Crippen LogP contribution in [0.15, 0.2) is 67.1 Å². The van der Waals surface area contributed by atoms with Gasteiger partial charge in [0.1, 0.15) is 0 Å². The van der Waals surface area contributed by atoms with Gasteiger partial charge in [-0.05, 0) is 42.0 Å². The summed E-state index contributed by atoms with van der Waals surface area (Å²) in [7, 11) is 0. The average molecular weight is 268 g/mol. The third kappa shape index (κ3) is 3.72. The number of carbonyl (C=O) groups excluding carboxylic acids is 1. The molecule has 0 spiro atoms. The Balaban J connectivity index is 2.00. The van der Waals surface area contributed by atoms with Crippen LogP contribution in [0.25, 0.3) is 10.8 Å². The second-order valence-electron chi connectivity index (χ2n) is 4.08. The molecular formula is C17H16O3. The monoisotopic (exact) mass is 268 g/mol. The second-order valence-corrected chi connectivity index (χ2v) is 4.08. The molecule has 0 aliphatic rings. The van der Waals surface area contributed by atoms with Gasteiger partial charge in [-0.15, -0.1) is 0 Å². The SMILES string of the molecule is CCO/C=C/C=C/OC(=O)c1ccc2ccccc2c1. The van der Waals surface area contributed by atoms with Gasteiger partial charge in [0, 0.05) is 0 Å². The number of hydrogen-bond donors (Lipinski definition) is 0. The maximum Gasteiger partial charge on any atom is 0.342 e. The van der Waals surface area contributed by atoms with Crippen molar-refractivity contribution in [3.63, 3.8) is 0 Å². The quantitative estimate of drug-likeness (QED) is 0.466. The predicted octanol–water partition coefficient (Wildman–Crippen LogP) is 4.06. The number of esters is 1. The summed E-state index contributed by atoms with van der Waals surface area (Å²) < 4.78 is 10.0. The van der Waals surface area contributed by atoms with Crippen molar-refractivity contribution < 1.29 is 14.3 Å². The molecule has 0 N–H and O–H groups in total. The molecule has 2 aromatic carbocycles. The zero-order valence-corrected chi connectivity index (χ0v) is 11.3. The van der Waals surface area contributed by atoms with E-state index in [-0.39, 0.29) is 5.97 Å². The first kappa shape index (κ1) is 13.9. The van der Waals surface area contributed by atoms with Crippen molar-refractivity contribution >= 4 is 16.7 Å². The third-order valence-electron chi connectivity index (χ3n) is 2.69. The van der Waals surface area contributed by atoms with Gasteiger partial charge in [0.15, 0.2) is 0 Å². The highest BCUT2D eigenvalue weighted by atomic mass is 16.5. The van der Waals surface area contributed by atoms with Crippen molar-refractivity contribution in [1.82, 2.24) is 0 Å². The Bertz CT molecular complexity index is 641. The number of rotatable bonds is 5. The van der Waals surface area contributed by atoms with Crippen molar-refractivity contribution in [3.05, 3.63) is 72.7 Å². The molecule has 3 nitrogen and oxygen atoms in total. The lowest BCUT2D eigenvalue weighted by atomic mass is 10.1. The van der Waals surface area contributed by atoms with Gasteiger partial charge in [-0.2, -0.15) is 0 Å². The van der Waals surface area contributed by atoms with E-state index in [0.29, 0.717) is 12.2 Å². The normalized spacial score (nSPS) is 11.2. The number of allylic oxidation sites excluding steroid dienone is 2. The van der Waals surface area contributed by atoms with Crippen LogP contribution >= 0.6 is 0 Å². The molecule has 0 aromatic heterocycles. The fourth-order valence-corrected chi connectivity index (χ4v) is 1.73. The zero-order valence-electron chi connectivity index (χ0n) is 11.3. The van der Waals surface area contributed by atoms with Crippen LogP contribution in [0.4, 0.5) is 0 Å². The summed E-state index contributed by atoms with van der Waals surface area (Å²) in [6, 6.07) is 13.4. The number of ether oxygens (including phenoxy) is 2. The first-order chi connectivity index (χ1) is 9.81. The first-order valence-corrected chi connectivity index (χ1v) is 6.44. The molecule has 2 rings (SSSR count). The molecule has 0 heterocycles. The van der Waals surface area contributed by atoms with E-state index in [1.54, 1.807) is 24.5 Å². The molecule has 0 unspecified atom stereocenters. The molecular weight excluding hydrogens is 252 g/mol. The molecule has 0 fully saturated rings. The minimum absolute atomic E-state index is 0.378. The van der Waals surface area contributed by atoms with Gasteiger partial charge < -0.3 is 9.47 Å². The Morgan fingerprint density at radius 1 is 1.05 bits per heavy atom. The van der Waals surface area contributed by atoms with Gasteiger partial charge in [0.05, 0.1) is 24.7 Å². The summed E-state index contributed by atoms with van der Waals surface area (Å²) in [5.41, 5.74) is 0.530. The van der Waals surface area contributed by atoms with E-state index in [9.17, 15) is 4.79 Å². The van der Waals surface area contributed by atoms with Crippen LogP contribution in [0.2, 0.25) is 0 Å². The fourth-order valence-electron chi connectivity index (χ4n) is 1.73.